The molecule has 0 amide bonds. The van der Waals surface area contributed by atoms with Crippen molar-refractivity contribution in [2.45, 2.75) is 17.7 Å². The van der Waals surface area contributed by atoms with Gasteiger partial charge in [-0.15, -0.1) is 0 Å². The largest absolute Gasteiger partial charge is 0.396 e. The third-order valence-corrected chi connectivity index (χ3v) is 5.23. The third kappa shape index (κ3) is 3.05. The van der Waals surface area contributed by atoms with Gasteiger partial charge < -0.3 is 10.4 Å². The van der Waals surface area contributed by atoms with E-state index >= 15 is 0 Å². The van der Waals surface area contributed by atoms with Crippen LogP contribution in [0.1, 0.15) is 12.8 Å². The van der Waals surface area contributed by atoms with Crippen LogP contribution >= 0.6 is 0 Å². The minimum absolute atomic E-state index is 0.0319. The van der Waals surface area contributed by atoms with Gasteiger partial charge in [-0.25, -0.2) is 13.4 Å². The van der Waals surface area contributed by atoms with Crippen LogP contribution in [0.15, 0.2) is 23.2 Å². The van der Waals surface area contributed by atoms with Gasteiger partial charge in [-0.05, 0) is 24.8 Å². The van der Waals surface area contributed by atoms with Crippen LogP contribution in [0.4, 0.5) is 5.82 Å². The zero-order valence-electron chi connectivity index (χ0n) is 10.9. The second-order valence-electron chi connectivity index (χ2n) is 4.68. The molecule has 1 aromatic rings. The summed E-state index contributed by atoms with van der Waals surface area (Å²) in [7, 11) is -1.80. The van der Waals surface area contributed by atoms with Gasteiger partial charge in [0.15, 0.2) is 0 Å². The van der Waals surface area contributed by atoms with E-state index in [0.717, 1.165) is 12.8 Å². The molecule has 2 N–H and O–H groups in total. The van der Waals surface area contributed by atoms with E-state index < -0.39 is 10.0 Å². The Balaban J connectivity index is 2.25. The minimum atomic E-state index is -3.50. The molecular weight excluding hydrogens is 266 g/mol. The summed E-state index contributed by atoms with van der Waals surface area (Å²) >= 11 is 0. The van der Waals surface area contributed by atoms with Gasteiger partial charge >= 0.3 is 0 Å². The number of nitrogens with zero attached hydrogens (tertiary/aromatic N) is 2. The van der Waals surface area contributed by atoms with Gasteiger partial charge in [0.1, 0.15) is 5.82 Å². The average molecular weight is 285 g/mol. The Kier molecular flexibility index (Phi) is 4.38. The Morgan fingerprint density at radius 3 is 3.05 bits per heavy atom. The molecule has 1 aliphatic heterocycles. The lowest BCUT2D eigenvalue weighted by Crippen LogP contribution is -2.40. The Morgan fingerprint density at radius 1 is 1.58 bits per heavy atom. The van der Waals surface area contributed by atoms with Crippen LogP contribution in [-0.2, 0) is 10.0 Å². The Bertz CT molecular complexity index is 533. The SMILES string of the molecule is CNc1cc(S(=O)(=O)N2CCCC(CO)C2)ccn1. The Labute approximate surface area is 113 Å². The summed E-state index contributed by atoms with van der Waals surface area (Å²) in [6.45, 7) is 0.927. The van der Waals surface area contributed by atoms with Crippen LogP contribution in [-0.4, -0.2) is 49.6 Å². The van der Waals surface area contributed by atoms with E-state index in [0.29, 0.717) is 18.9 Å². The first-order valence-electron chi connectivity index (χ1n) is 6.32. The van der Waals surface area contributed by atoms with Crippen molar-refractivity contribution in [3.63, 3.8) is 0 Å². The number of rotatable bonds is 4. The van der Waals surface area contributed by atoms with Crippen LogP contribution in [0.25, 0.3) is 0 Å². The summed E-state index contributed by atoms with van der Waals surface area (Å²) < 4.78 is 26.5. The molecule has 2 rings (SSSR count). The molecule has 1 fully saturated rings. The van der Waals surface area contributed by atoms with Crippen molar-refractivity contribution in [2.24, 2.45) is 5.92 Å². The molecule has 106 valence electrons. The van der Waals surface area contributed by atoms with Gasteiger partial charge in [0, 0.05) is 39.0 Å². The molecule has 6 nitrogen and oxygen atoms in total. The predicted molar refractivity (Wildman–Crippen MR) is 72.4 cm³/mol. The first kappa shape index (κ1) is 14.2. The number of aliphatic hydroxyl groups excluding tert-OH is 1. The normalized spacial score (nSPS) is 21.3. The molecule has 7 heteroatoms. The van der Waals surface area contributed by atoms with Crippen LogP contribution in [0, 0.1) is 5.92 Å². The summed E-state index contributed by atoms with van der Waals surface area (Å²) in [5, 5.41) is 12.0. The van der Waals surface area contributed by atoms with Crippen molar-refractivity contribution >= 4 is 15.8 Å². The highest BCUT2D eigenvalue weighted by atomic mass is 32.2. The first-order chi connectivity index (χ1) is 9.07. The summed E-state index contributed by atoms with van der Waals surface area (Å²) in [4.78, 5) is 4.25. The van der Waals surface area contributed by atoms with Crippen molar-refractivity contribution in [2.75, 3.05) is 32.1 Å². The molecule has 1 saturated heterocycles. The van der Waals surface area contributed by atoms with E-state index in [1.165, 1.54) is 22.6 Å². The Morgan fingerprint density at radius 2 is 2.37 bits per heavy atom. The second-order valence-corrected chi connectivity index (χ2v) is 6.62. The van der Waals surface area contributed by atoms with E-state index in [9.17, 15) is 13.5 Å². The van der Waals surface area contributed by atoms with E-state index in [-0.39, 0.29) is 17.4 Å². The molecule has 1 unspecified atom stereocenters. The number of aromatic nitrogens is 1. The van der Waals surface area contributed by atoms with Gasteiger partial charge in [0.25, 0.3) is 0 Å². The quantitative estimate of drug-likeness (QED) is 0.842. The molecule has 2 heterocycles. The van der Waals surface area contributed by atoms with Gasteiger partial charge in [-0.3, -0.25) is 0 Å². The molecule has 1 atom stereocenters. The molecule has 1 aromatic heterocycles. The fourth-order valence-electron chi connectivity index (χ4n) is 2.25. The van der Waals surface area contributed by atoms with Gasteiger partial charge in [-0.1, -0.05) is 0 Å². The number of nitrogens with one attached hydrogen (secondary N) is 1. The van der Waals surface area contributed by atoms with Crippen molar-refractivity contribution in [3.8, 4) is 0 Å². The molecule has 19 heavy (non-hydrogen) atoms. The summed E-state index contributed by atoms with van der Waals surface area (Å²) in [5.41, 5.74) is 0. The summed E-state index contributed by atoms with van der Waals surface area (Å²) in [6, 6.07) is 3.02. The number of hydrogen-bond acceptors (Lipinski definition) is 5. The average Bonchev–Trinajstić information content (AvgIpc) is 2.47. The molecule has 0 aromatic carbocycles. The lowest BCUT2D eigenvalue weighted by atomic mass is 10.0. The number of piperidine rings is 1. The molecule has 0 bridgehead atoms. The lowest BCUT2D eigenvalue weighted by Gasteiger charge is -2.30. The highest BCUT2D eigenvalue weighted by Crippen LogP contribution is 2.24. The number of aliphatic hydroxyl groups is 1. The van der Waals surface area contributed by atoms with Gasteiger partial charge in [0.2, 0.25) is 10.0 Å². The van der Waals surface area contributed by atoms with Gasteiger partial charge in [-0.2, -0.15) is 4.31 Å². The van der Waals surface area contributed by atoms with Crippen molar-refractivity contribution < 1.29 is 13.5 Å². The topological polar surface area (TPSA) is 82.5 Å². The molecule has 0 radical (unpaired) electrons. The fourth-order valence-corrected chi connectivity index (χ4v) is 3.82. The molecule has 1 aliphatic rings. The van der Waals surface area contributed by atoms with E-state index in [4.69, 9.17) is 0 Å². The van der Waals surface area contributed by atoms with E-state index in [1.54, 1.807) is 7.05 Å². The maximum atomic E-state index is 12.5. The standard InChI is InChI=1S/C12H19N3O3S/c1-13-12-7-11(4-5-14-12)19(17,18)15-6-2-3-10(8-15)9-16/h4-5,7,10,16H,2-3,6,8-9H2,1H3,(H,13,14). The smallest absolute Gasteiger partial charge is 0.243 e. The summed E-state index contributed by atoms with van der Waals surface area (Å²) in [5.74, 6) is 0.561. The highest BCUT2D eigenvalue weighted by Gasteiger charge is 2.30. The van der Waals surface area contributed by atoms with Crippen LogP contribution < -0.4 is 5.32 Å². The molecule has 0 spiro atoms. The number of hydrogen-bond donors (Lipinski definition) is 2. The monoisotopic (exact) mass is 285 g/mol. The molecule has 0 aliphatic carbocycles. The maximum Gasteiger partial charge on any atom is 0.243 e. The van der Waals surface area contributed by atoms with Crippen molar-refractivity contribution in [3.05, 3.63) is 18.3 Å². The van der Waals surface area contributed by atoms with Crippen LogP contribution in [0.2, 0.25) is 0 Å². The third-order valence-electron chi connectivity index (χ3n) is 3.37. The van der Waals surface area contributed by atoms with Crippen molar-refractivity contribution in [1.82, 2.24) is 9.29 Å². The van der Waals surface area contributed by atoms with Crippen LogP contribution in [0.3, 0.4) is 0 Å². The maximum absolute atomic E-state index is 12.5. The second kappa shape index (κ2) is 5.85. The van der Waals surface area contributed by atoms with E-state index in [1.807, 2.05) is 0 Å². The Hall–Kier alpha value is -1.18. The zero-order chi connectivity index (χ0) is 13.9. The minimum Gasteiger partial charge on any atom is -0.396 e. The van der Waals surface area contributed by atoms with Crippen LogP contribution in [0.5, 0.6) is 0 Å². The fraction of sp³-hybridized carbons (Fsp3) is 0.583. The molecule has 0 saturated carbocycles. The van der Waals surface area contributed by atoms with E-state index in [2.05, 4.69) is 10.3 Å². The van der Waals surface area contributed by atoms with Gasteiger partial charge in [0.05, 0.1) is 4.90 Å². The summed E-state index contributed by atoms with van der Waals surface area (Å²) in [6.07, 6.45) is 3.14. The molecular formula is C12H19N3O3S. The number of sulfonamides is 1. The highest BCUT2D eigenvalue weighted by molar-refractivity contribution is 7.89. The number of anilines is 1. The zero-order valence-corrected chi connectivity index (χ0v) is 11.7. The first-order valence-corrected chi connectivity index (χ1v) is 7.76. The predicted octanol–water partition coefficient (Wildman–Crippen LogP) is 0.516. The lowest BCUT2D eigenvalue weighted by molar-refractivity contribution is 0.165. The number of pyridine rings is 1. The van der Waals surface area contributed by atoms with Crippen molar-refractivity contribution in [1.29, 1.82) is 0 Å².